The first-order valence-corrected chi connectivity index (χ1v) is 22.2. The van der Waals surface area contributed by atoms with Gasteiger partial charge in [-0.2, -0.15) is 0 Å². The molecule has 0 aromatic heterocycles. The number of carbonyl (C=O) groups excluding carboxylic acids is 7. The van der Waals surface area contributed by atoms with Gasteiger partial charge < -0.3 is 35.5 Å². The minimum atomic E-state index is -1.31. The van der Waals surface area contributed by atoms with E-state index in [4.69, 9.17) is 20.6 Å². The molecule has 2 aromatic rings. The summed E-state index contributed by atoms with van der Waals surface area (Å²) < 4.78 is 16.5. The Hall–Kier alpha value is -5.63. The number of nitrogens with one attached hydrogen (secondary N) is 4. The summed E-state index contributed by atoms with van der Waals surface area (Å²) in [7, 11) is 0. The van der Waals surface area contributed by atoms with Gasteiger partial charge in [0.25, 0.3) is 0 Å². The predicted octanol–water partition coefficient (Wildman–Crippen LogP) is 2.33. The van der Waals surface area contributed by atoms with Crippen LogP contribution in [0, 0.1) is 24.2 Å². The van der Waals surface area contributed by atoms with E-state index in [0.29, 0.717) is 39.1 Å². The Balaban J connectivity index is 1.69. The lowest BCUT2D eigenvalue weighted by molar-refractivity contribution is -0.161. The van der Waals surface area contributed by atoms with Crippen LogP contribution in [0.25, 0.3) is 0 Å². The summed E-state index contributed by atoms with van der Waals surface area (Å²) in [5, 5.41) is 11.2. The summed E-state index contributed by atoms with van der Waals surface area (Å²) in [4.78, 5) is 99.9. The number of epoxide rings is 1. The van der Waals surface area contributed by atoms with Gasteiger partial charge in [0.2, 0.25) is 29.5 Å². The molecule has 2 aliphatic heterocycles. The summed E-state index contributed by atoms with van der Waals surface area (Å²) in [5.74, 6) is -1.83. The van der Waals surface area contributed by atoms with Crippen LogP contribution in [-0.4, -0.2) is 134 Å². The van der Waals surface area contributed by atoms with Gasteiger partial charge in [0.1, 0.15) is 23.7 Å². The number of ketones is 1. The van der Waals surface area contributed by atoms with Crippen molar-refractivity contribution in [1.82, 2.24) is 31.1 Å². The van der Waals surface area contributed by atoms with E-state index >= 15 is 4.79 Å². The maximum Gasteiger partial charge on any atom is 0.308 e. The smallest absolute Gasteiger partial charge is 0.308 e. The normalized spacial score (nSPS) is 17.8. The predicted molar refractivity (Wildman–Crippen MR) is 239 cm³/mol. The zero-order valence-corrected chi connectivity index (χ0v) is 37.9. The van der Waals surface area contributed by atoms with Gasteiger partial charge in [-0.1, -0.05) is 94.3 Å². The number of benzene rings is 2. The highest BCUT2D eigenvalue weighted by atomic mass is 16.6. The van der Waals surface area contributed by atoms with Crippen molar-refractivity contribution in [2.45, 2.75) is 109 Å². The third-order valence-corrected chi connectivity index (χ3v) is 11.0. The minimum absolute atomic E-state index is 0.00692. The molecule has 0 saturated carbocycles. The topological polar surface area (TPSA) is 205 Å². The number of rotatable bonds is 26. The van der Waals surface area contributed by atoms with Crippen molar-refractivity contribution in [2.75, 3.05) is 52.7 Å². The average molecular weight is 887 g/mol. The number of carbonyl (C=O) groups is 7. The second-order valence-electron chi connectivity index (χ2n) is 17.4. The number of esters is 1. The number of Topliss-reactive ketones (excluding diaryl/α,β-unsaturated/α-hetero) is 1. The molecule has 348 valence electrons. The second kappa shape index (κ2) is 25.6. The van der Waals surface area contributed by atoms with E-state index < -0.39 is 72.0 Å². The standard InChI is InChI=1S/C48H66N6O10/c1-7-22-49-41(55)20-21-43(57)63-32-54(47(61)37(19-18-35-14-10-8-11-15-35)50-42(56)30-53-23-25-62-26-24-53)40(28-34(4)5)46(60)52-39(29-36-16-12-9-13-17-36)45(59)51-38(27-33(2)3)44(58)48(6)31-64-48/h1,8-17,33-34,37-40H,18-32H2,2-6H3,(H,49,55)(H,50,56)(H,51,59)(H,52,60)/t37-,38-,39-,40-,48+/m0/s1. The quantitative estimate of drug-likeness (QED) is 0.0467. The van der Waals surface area contributed by atoms with Crippen LogP contribution in [0.2, 0.25) is 0 Å². The fourth-order valence-electron chi connectivity index (χ4n) is 7.33. The third kappa shape index (κ3) is 17.2. The first-order valence-electron chi connectivity index (χ1n) is 22.2. The van der Waals surface area contributed by atoms with Crippen molar-refractivity contribution in [3.8, 4) is 12.3 Å². The van der Waals surface area contributed by atoms with Crippen LogP contribution >= 0.6 is 0 Å². The Morgan fingerprint density at radius 1 is 0.797 bits per heavy atom. The summed E-state index contributed by atoms with van der Waals surface area (Å²) >= 11 is 0. The highest BCUT2D eigenvalue weighted by Crippen LogP contribution is 2.30. The number of hydrogen-bond donors (Lipinski definition) is 4. The first-order chi connectivity index (χ1) is 30.6. The van der Waals surface area contributed by atoms with Crippen molar-refractivity contribution < 1.29 is 47.8 Å². The lowest BCUT2D eigenvalue weighted by atomic mass is 9.93. The van der Waals surface area contributed by atoms with Crippen molar-refractivity contribution in [3.05, 3.63) is 71.8 Å². The molecule has 4 N–H and O–H groups in total. The molecule has 5 atom stereocenters. The monoisotopic (exact) mass is 886 g/mol. The summed E-state index contributed by atoms with van der Waals surface area (Å²) in [6.07, 6.45) is 5.65. The second-order valence-corrected chi connectivity index (χ2v) is 17.4. The van der Waals surface area contributed by atoms with Crippen LogP contribution in [-0.2, 0) is 60.6 Å². The molecule has 16 heteroatoms. The maximum absolute atomic E-state index is 15.0. The van der Waals surface area contributed by atoms with Crippen molar-refractivity contribution in [1.29, 1.82) is 0 Å². The third-order valence-electron chi connectivity index (χ3n) is 11.0. The Morgan fingerprint density at radius 3 is 2.00 bits per heavy atom. The van der Waals surface area contributed by atoms with Gasteiger partial charge in [0, 0.05) is 25.9 Å². The number of terminal acetylenes is 1. The first kappa shape index (κ1) is 51.0. The molecular weight excluding hydrogens is 821 g/mol. The van der Waals surface area contributed by atoms with Gasteiger partial charge in [-0.15, -0.1) is 6.42 Å². The molecular formula is C48H66N6O10. The van der Waals surface area contributed by atoms with Gasteiger partial charge in [-0.3, -0.25) is 43.4 Å². The maximum atomic E-state index is 15.0. The summed E-state index contributed by atoms with van der Waals surface area (Å²) in [6, 6.07) is 13.9. The molecule has 5 amide bonds. The van der Waals surface area contributed by atoms with Crippen LogP contribution in [0.15, 0.2) is 60.7 Å². The molecule has 2 aromatic carbocycles. The summed E-state index contributed by atoms with van der Waals surface area (Å²) in [6.45, 7) is 10.8. The number of hydrogen-bond acceptors (Lipinski definition) is 11. The highest BCUT2D eigenvalue weighted by molar-refractivity contribution is 5.99. The van der Waals surface area contributed by atoms with E-state index in [1.54, 1.807) is 19.1 Å². The molecule has 0 radical (unpaired) electrons. The Kier molecular flexibility index (Phi) is 20.4. The molecule has 2 fully saturated rings. The molecule has 0 spiro atoms. The molecule has 64 heavy (non-hydrogen) atoms. The molecule has 16 nitrogen and oxygen atoms in total. The van der Waals surface area contributed by atoms with E-state index in [-0.39, 0.29) is 69.4 Å². The van der Waals surface area contributed by atoms with Crippen LogP contribution < -0.4 is 21.3 Å². The van der Waals surface area contributed by atoms with Crippen molar-refractivity contribution in [2.24, 2.45) is 11.8 Å². The van der Waals surface area contributed by atoms with Crippen molar-refractivity contribution >= 4 is 41.3 Å². The van der Waals surface area contributed by atoms with Crippen LogP contribution in [0.4, 0.5) is 0 Å². The molecule has 0 bridgehead atoms. The van der Waals surface area contributed by atoms with Crippen LogP contribution in [0.3, 0.4) is 0 Å². The summed E-state index contributed by atoms with van der Waals surface area (Å²) in [5.41, 5.74) is 0.627. The van der Waals surface area contributed by atoms with Gasteiger partial charge in [0.15, 0.2) is 12.5 Å². The van der Waals surface area contributed by atoms with Gasteiger partial charge in [0.05, 0.1) is 45.4 Å². The number of ether oxygens (including phenoxy) is 3. The Labute approximate surface area is 377 Å². The lowest BCUT2D eigenvalue weighted by Crippen LogP contribution is -2.60. The number of amides is 5. The van der Waals surface area contributed by atoms with E-state index in [9.17, 15) is 28.8 Å². The molecule has 2 heterocycles. The number of nitrogens with zero attached hydrogens (tertiary/aromatic N) is 2. The zero-order chi connectivity index (χ0) is 46.6. The fraction of sp³-hybridized carbons (Fsp3) is 0.562. The van der Waals surface area contributed by atoms with Crippen LogP contribution in [0.5, 0.6) is 0 Å². The van der Waals surface area contributed by atoms with E-state index in [1.165, 1.54) is 0 Å². The van der Waals surface area contributed by atoms with Crippen molar-refractivity contribution in [3.63, 3.8) is 0 Å². The highest BCUT2D eigenvalue weighted by Gasteiger charge is 2.50. The molecule has 2 aliphatic rings. The molecule has 0 unspecified atom stereocenters. The van der Waals surface area contributed by atoms with E-state index in [0.717, 1.165) is 16.0 Å². The number of morpholine rings is 1. The van der Waals surface area contributed by atoms with Gasteiger partial charge >= 0.3 is 5.97 Å². The average Bonchev–Trinajstić information content (AvgIpc) is 4.03. The van der Waals surface area contributed by atoms with E-state index in [2.05, 4.69) is 27.2 Å². The fourth-order valence-corrected chi connectivity index (χ4v) is 7.33. The van der Waals surface area contributed by atoms with Gasteiger partial charge in [-0.25, -0.2) is 0 Å². The Morgan fingerprint density at radius 2 is 1.41 bits per heavy atom. The largest absolute Gasteiger partial charge is 0.444 e. The lowest BCUT2D eigenvalue weighted by Gasteiger charge is -2.35. The van der Waals surface area contributed by atoms with Crippen LogP contribution in [0.1, 0.15) is 77.8 Å². The Bertz CT molecular complexity index is 1910. The molecule has 2 saturated heterocycles. The number of aryl methyl sites for hydroxylation is 1. The SMILES string of the molecule is C#CCNC(=O)CCC(=O)OCN(C(=O)[C@H](CCc1ccccc1)NC(=O)CN1CCOCC1)[C@@H](CC(C)C)C(=O)N[C@@H](Cc1ccccc1)C(=O)N[C@@H](CC(C)C)C(=O)[C@@]1(C)CO1. The molecule has 4 rings (SSSR count). The minimum Gasteiger partial charge on any atom is -0.444 e. The molecule has 0 aliphatic carbocycles. The zero-order valence-electron chi connectivity index (χ0n) is 37.9. The van der Waals surface area contributed by atoms with Gasteiger partial charge in [-0.05, 0) is 55.6 Å². The van der Waals surface area contributed by atoms with E-state index in [1.807, 2.05) is 81.1 Å².